The van der Waals surface area contributed by atoms with Gasteiger partial charge in [0.25, 0.3) is 5.91 Å². The van der Waals surface area contributed by atoms with Crippen LogP contribution in [0.25, 0.3) is 0 Å². The molecule has 1 atom stereocenters. The molecule has 8 nitrogen and oxygen atoms in total. The summed E-state index contributed by atoms with van der Waals surface area (Å²) in [5.74, 6) is 0.248. The first-order valence-electron chi connectivity index (χ1n) is 8.08. The molecule has 0 radical (unpaired) electrons. The van der Waals surface area contributed by atoms with Crippen molar-refractivity contribution in [2.45, 2.75) is 31.6 Å². The summed E-state index contributed by atoms with van der Waals surface area (Å²) in [6.45, 7) is 4.73. The van der Waals surface area contributed by atoms with E-state index in [0.717, 1.165) is 12.8 Å². The molecular weight excluding hydrogens is 344 g/mol. The number of hydrogen-bond acceptors (Lipinski definition) is 6. The van der Waals surface area contributed by atoms with E-state index in [-0.39, 0.29) is 10.9 Å². The molecular formula is C16H20N4O4S. The Balaban J connectivity index is 1.74. The van der Waals surface area contributed by atoms with E-state index in [2.05, 4.69) is 15.5 Å². The quantitative estimate of drug-likeness (QED) is 0.890. The number of aryl methyl sites for hydroxylation is 1. The molecule has 0 spiro atoms. The number of carbonyl (C=O) groups excluding carboxylic acids is 1. The Morgan fingerprint density at radius 2 is 2.00 bits per heavy atom. The fourth-order valence-electron chi connectivity index (χ4n) is 2.81. The molecule has 1 fully saturated rings. The van der Waals surface area contributed by atoms with E-state index in [1.165, 1.54) is 28.6 Å². The Bertz CT molecular complexity index is 861. The second-order valence-electron chi connectivity index (χ2n) is 6.22. The summed E-state index contributed by atoms with van der Waals surface area (Å²) in [7, 11) is -3.53. The summed E-state index contributed by atoms with van der Waals surface area (Å²) >= 11 is 0. The minimum atomic E-state index is -3.53. The fourth-order valence-corrected chi connectivity index (χ4v) is 4.41. The lowest BCUT2D eigenvalue weighted by Gasteiger charge is -2.30. The van der Waals surface area contributed by atoms with Crippen molar-refractivity contribution in [3.63, 3.8) is 0 Å². The first-order valence-corrected chi connectivity index (χ1v) is 9.52. The van der Waals surface area contributed by atoms with Gasteiger partial charge in [-0.3, -0.25) is 10.1 Å². The van der Waals surface area contributed by atoms with Crippen molar-refractivity contribution in [3.8, 4) is 0 Å². The van der Waals surface area contributed by atoms with Crippen molar-refractivity contribution in [3.05, 3.63) is 35.7 Å². The summed E-state index contributed by atoms with van der Waals surface area (Å²) in [4.78, 5) is 12.3. The number of hydrogen-bond donors (Lipinski definition) is 1. The maximum Gasteiger partial charge on any atom is 0.322 e. The molecule has 2 aromatic rings. The standard InChI is InChI=1S/C16H20N4O4S/c1-11-4-3-9-20(10-11)25(22,23)14-7-5-13(6-8-14)15(21)17-16-19-18-12(2)24-16/h5-8,11H,3-4,9-10H2,1-2H3,(H,17,19,21)/t11-/m0/s1. The second kappa shape index (κ2) is 6.93. The summed E-state index contributed by atoms with van der Waals surface area (Å²) in [6, 6.07) is 5.84. The predicted octanol–water partition coefficient (Wildman–Crippen LogP) is 2.05. The maximum absolute atomic E-state index is 12.7. The number of anilines is 1. The van der Waals surface area contributed by atoms with Crippen LogP contribution in [0.2, 0.25) is 0 Å². The number of rotatable bonds is 4. The fraction of sp³-hybridized carbons (Fsp3) is 0.438. The van der Waals surface area contributed by atoms with Crippen molar-refractivity contribution < 1.29 is 17.6 Å². The van der Waals surface area contributed by atoms with E-state index in [1.807, 2.05) is 6.92 Å². The minimum absolute atomic E-state index is 0.00139. The van der Waals surface area contributed by atoms with Gasteiger partial charge < -0.3 is 4.42 Å². The highest BCUT2D eigenvalue weighted by Crippen LogP contribution is 2.23. The zero-order chi connectivity index (χ0) is 18.0. The van der Waals surface area contributed by atoms with E-state index in [4.69, 9.17) is 4.42 Å². The molecule has 0 aliphatic carbocycles. The van der Waals surface area contributed by atoms with E-state index in [1.54, 1.807) is 6.92 Å². The number of piperidine rings is 1. The summed E-state index contributed by atoms with van der Waals surface area (Å²) in [5.41, 5.74) is 0.307. The van der Waals surface area contributed by atoms with Gasteiger partial charge >= 0.3 is 6.01 Å². The number of amides is 1. The van der Waals surface area contributed by atoms with Crippen LogP contribution in [0.4, 0.5) is 6.01 Å². The van der Waals surface area contributed by atoms with Crippen LogP contribution >= 0.6 is 0 Å². The SMILES string of the molecule is Cc1nnc(NC(=O)c2ccc(S(=O)(=O)N3CCC[C@H](C)C3)cc2)o1. The number of nitrogens with zero attached hydrogens (tertiary/aromatic N) is 3. The van der Waals surface area contributed by atoms with Gasteiger partial charge in [0.05, 0.1) is 4.90 Å². The van der Waals surface area contributed by atoms with Gasteiger partial charge in [0, 0.05) is 25.6 Å². The molecule has 25 heavy (non-hydrogen) atoms. The lowest BCUT2D eigenvalue weighted by Crippen LogP contribution is -2.39. The van der Waals surface area contributed by atoms with Gasteiger partial charge in [-0.1, -0.05) is 12.0 Å². The molecule has 0 bridgehead atoms. The minimum Gasteiger partial charge on any atom is -0.408 e. The van der Waals surface area contributed by atoms with E-state index in [9.17, 15) is 13.2 Å². The van der Waals surface area contributed by atoms with E-state index in [0.29, 0.717) is 30.5 Å². The van der Waals surface area contributed by atoms with Crippen molar-refractivity contribution in [2.75, 3.05) is 18.4 Å². The third kappa shape index (κ3) is 3.88. The smallest absolute Gasteiger partial charge is 0.322 e. The molecule has 134 valence electrons. The van der Waals surface area contributed by atoms with Crippen molar-refractivity contribution in [2.24, 2.45) is 5.92 Å². The Morgan fingerprint density at radius 1 is 1.28 bits per heavy atom. The molecule has 1 aliphatic rings. The van der Waals surface area contributed by atoms with Gasteiger partial charge in [-0.15, -0.1) is 5.10 Å². The van der Waals surface area contributed by atoms with Crippen molar-refractivity contribution in [1.82, 2.24) is 14.5 Å². The molecule has 0 saturated carbocycles. The zero-order valence-corrected chi connectivity index (χ0v) is 14.9. The molecule has 1 aliphatic heterocycles. The molecule has 9 heteroatoms. The molecule has 1 amide bonds. The number of aromatic nitrogens is 2. The largest absolute Gasteiger partial charge is 0.408 e. The van der Waals surface area contributed by atoms with Crippen LogP contribution in [0, 0.1) is 12.8 Å². The first-order chi connectivity index (χ1) is 11.9. The second-order valence-corrected chi connectivity index (χ2v) is 8.15. The van der Waals surface area contributed by atoms with Crippen LogP contribution in [0.5, 0.6) is 0 Å². The van der Waals surface area contributed by atoms with Crippen LogP contribution in [-0.2, 0) is 10.0 Å². The van der Waals surface area contributed by atoms with Crippen molar-refractivity contribution in [1.29, 1.82) is 0 Å². The lowest BCUT2D eigenvalue weighted by molar-refractivity contribution is 0.102. The number of carbonyl (C=O) groups is 1. The monoisotopic (exact) mass is 364 g/mol. The van der Waals surface area contributed by atoms with Gasteiger partial charge in [0.2, 0.25) is 15.9 Å². The number of nitrogens with one attached hydrogen (secondary N) is 1. The maximum atomic E-state index is 12.7. The number of sulfonamides is 1. The summed E-state index contributed by atoms with van der Waals surface area (Å²) in [6.07, 6.45) is 1.91. The topological polar surface area (TPSA) is 105 Å². The normalized spacial score (nSPS) is 18.9. The van der Waals surface area contributed by atoms with Crippen LogP contribution in [0.3, 0.4) is 0 Å². The Labute approximate surface area is 146 Å². The molecule has 1 aromatic carbocycles. The third-order valence-corrected chi connectivity index (χ3v) is 6.00. The molecule has 1 aromatic heterocycles. The summed E-state index contributed by atoms with van der Waals surface area (Å²) in [5, 5.41) is 9.77. The molecule has 3 rings (SSSR count). The molecule has 2 heterocycles. The van der Waals surface area contributed by atoms with Gasteiger partial charge in [-0.05, 0) is 43.0 Å². The Morgan fingerprint density at radius 3 is 2.60 bits per heavy atom. The highest BCUT2D eigenvalue weighted by molar-refractivity contribution is 7.89. The predicted molar refractivity (Wildman–Crippen MR) is 90.6 cm³/mol. The average Bonchev–Trinajstić information content (AvgIpc) is 3.00. The van der Waals surface area contributed by atoms with Crippen LogP contribution in [0.15, 0.2) is 33.6 Å². The lowest BCUT2D eigenvalue weighted by atomic mass is 10.0. The third-order valence-electron chi connectivity index (χ3n) is 4.12. The van der Waals surface area contributed by atoms with Crippen LogP contribution in [0.1, 0.15) is 36.0 Å². The molecule has 1 saturated heterocycles. The zero-order valence-electron chi connectivity index (χ0n) is 14.1. The van der Waals surface area contributed by atoms with Gasteiger partial charge in [-0.25, -0.2) is 8.42 Å². The molecule has 1 N–H and O–H groups in total. The molecule has 0 unspecified atom stereocenters. The van der Waals surface area contributed by atoms with Crippen LogP contribution in [-0.4, -0.2) is 41.9 Å². The van der Waals surface area contributed by atoms with Gasteiger partial charge in [-0.2, -0.15) is 4.31 Å². The van der Waals surface area contributed by atoms with E-state index >= 15 is 0 Å². The van der Waals surface area contributed by atoms with Gasteiger partial charge in [0.15, 0.2) is 0 Å². The van der Waals surface area contributed by atoms with E-state index < -0.39 is 15.9 Å². The van der Waals surface area contributed by atoms with Gasteiger partial charge in [0.1, 0.15) is 0 Å². The Kier molecular flexibility index (Phi) is 4.87. The summed E-state index contributed by atoms with van der Waals surface area (Å²) < 4.78 is 32.0. The average molecular weight is 364 g/mol. The Hall–Kier alpha value is -2.26. The van der Waals surface area contributed by atoms with Crippen molar-refractivity contribution >= 4 is 21.9 Å². The highest BCUT2D eigenvalue weighted by atomic mass is 32.2. The number of benzene rings is 1. The van der Waals surface area contributed by atoms with Crippen LogP contribution < -0.4 is 5.32 Å². The highest BCUT2D eigenvalue weighted by Gasteiger charge is 2.28. The first kappa shape index (κ1) is 17.6.